The Morgan fingerprint density at radius 2 is 1.24 bits per heavy atom. The van der Waals surface area contributed by atoms with Gasteiger partial charge >= 0.3 is 7.60 Å². The van der Waals surface area contributed by atoms with Crippen molar-refractivity contribution in [1.29, 1.82) is 0 Å². The Morgan fingerprint density at radius 1 is 0.810 bits per heavy atom. The molecule has 0 bridgehead atoms. The average Bonchev–Trinajstić information content (AvgIpc) is 2.54. The molecule has 0 aliphatic heterocycles. The van der Waals surface area contributed by atoms with Crippen LogP contribution in [0.15, 0.2) is 60.7 Å². The number of rotatable bonds is 8. The van der Waals surface area contributed by atoms with Crippen LogP contribution in [-0.2, 0) is 31.4 Å². The molecule has 0 aliphatic carbocycles. The highest BCUT2D eigenvalue weighted by molar-refractivity contribution is 7.62. The van der Waals surface area contributed by atoms with Gasteiger partial charge < -0.3 is 9.05 Å². The molecule has 0 heterocycles. The summed E-state index contributed by atoms with van der Waals surface area (Å²) in [6, 6.07) is 18.8. The van der Waals surface area contributed by atoms with E-state index in [4.69, 9.17) is 9.05 Å². The minimum absolute atomic E-state index is 0.146. The third-order valence-electron chi connectivity index (χ3n) is 2.77. The van der Waals surface area contributed by atoms with Crippen molar-refractivity contribution in [3.63, 3.8) is 0 Å². The standard InChI is InChI=1S/C15H16O4P2/c16-20-13-21(17,18-11-14-7-3-1-4-8-14)19-12-15-9-5-2-6-10-15/h1-10H,11-13H2. The Morgan fingerprint density at radius 3 is 1.62 bits per heavy atom. The van der Waals surface area contributed by atoms with Crippen molar-refractivity contribution >= 4 is 16.1 Å². The van der Waals surface area contributed by atoms with Crippen molar-refractivity contribution in [2.24, 2.45) is 0 Å². The Bertz CT molecular complexity index is 554. The molecule has 110 valence electrons. The smallest absolute Gasteiger partial charge is 0.303 e. The maximum Gasteiger partial charge on any atom is 0.342 e. The van der Waals surface area contributed by atoms with E-state index in [1.54, 1.807) is 0 Å². The van der Waals surface area contributed by atoms with Crippen LogP contribution >= 0.6 is 16.1 Å². The summed E-state index contributed by atoms with van der Waals surface area (Å²) in [5, 5.41) is 0. The fourth-order valence-corrected chi connectivity index (χ4v) is 3.67. The Labute approximate surface area is 125 Å². The van der Waals surface area contributed by atoms with Gasteiger partial charge in [0.1, 0.15) is 5.90 Å². The van der Waals surface area contributed by atoms with Gasteiger partial charge in [0, 0.05) is 0 Å². The van der Waals surface area contributed by atoms with Gasteiger partial charge in [-0.15, -0.1) is 0 Å². The van der Waals surface area contributed by atoms with Crippen LogP contribution in [0.5, 0.6) is 0 Å². The maximum atomic E-state index is 12.5. The van der Waals surface area contributed by atoms with Gasteiger partial charge in [0.15, 0.2) is 8.46 Å². The van der Waals surface area contributed by atoms with Gasteiger partial charge in [-0.1, -0.05) is 60.7 Å². The van der Waals surface area contributed by atoms with Crippen LogP contribution in [0.25, 0.3) is 0 Å². The van der Waals surface area contributed by atoms with E-state index < -0.39 is 7.60 Å². The molecule has 21 heavy (non-hydrogen) atoms. The third-order valence-corrected chi connectivity index (χ3v) is 5.66. The summed E-state index contributed by atoms with van der Waals surface area (Å²) < 4.78 is 34.1. The Hall–Kier alpha value is -1.31. The molecule has 0 aliphatic rings. The second-order valence-electron chi connectivity index (χ2n) is 4.40. The van der Waals surface area contributed by atoms with Crippen molar-refractivity contribution in [2.45, 2.75) is 13.2 Å². The topological polar surface area (TPSA) is 52.6 Å². The molecule has 0 fully saturated rings. The van der Waals surface area contributed by atoms with Gasteiger partial charge in [0.05, 0.1) is 13.2 Å². The lowest BCUT2D eigenvalue weighted by Gasteiger charge is -2.16. The maximum absolute atomic E-state index is 12.5. The number of benzene rings is 2. The highest BCUT2D eigenvalue weighted by Gasteiger charge is 2.25. The van der Waals surface area contributed by atoms with Gasteiger partial charge in [-0.25, -0.2) is 0 Å². The monoisotopic (exact) mass is 322 g/mol. The summed E-state index contributed by atoms with van der Waals surface area (Å²) in [5.41, 5.74) is 1.78. The molecule has 2 rings (SSSR count). The third kappa shape index (κ3) is 5.53. The van der Waals surface area contributed by atoms with Gasteiger partial charge in [-0.2, -0.15) is 0 Å². The molecule has 0 aromatic heterocycles. The van der Waals surface area contributed by atoms with Crippen molar-refractivity contribution in [3.8, 4) is 0 Å². The summed E-state index contributed by atoms with van der Waals surface area (Å²) in [5.74, 6) is -0.146. The summed E-state index contributed by atoms with van der Waals surface area (Å²) in [4.78, 5) is 0. The molecule has 2 aromatic rings. The molecular weight excluding hydrogens is 306 g/mol. The molecule has 2 aromatic carbocycles. The first kappa shape index (κ1) is 16.1. The molecule has 4 nitrogen and oxygen atoms in total. The lowest BCUT2D eigenvalue weighted by Crippen LogP contribution is -1.98. The Kier molecular flexibility index (Phi) is 6.28. The van der Waals surface area contributed by atoms with Gasteiger partial charge in [-0.05, 0) is 11.1 Å². The zero-order valence-corrected chi connectivity index (χ0v) is 13.2. The van der Waals surface area contributed by atoms with Crippen LogP contribution in [0.2, 0.25) is 0 Å². The minimum atomic E-state index is -3.38. The molecule has 0 saturated heterocycles. The zero-order valence-electron chi connectivity index (χ0n) is 11.4. The predicted octanol–water partition coefficient (Wildman–Crippen LogP) is 4.86. The van der Waals surface area contributed by atoms with Gasteiger partial charge in [0.25, 0.3) is 0 Å². The van der Waals surface area contributed by atoms with E-state index in [2.05, 4.69) is 0 Å². The highest BCUT2D eigenvalue weighted by atomic mass is 31.2. The van der Waals surface area contributed by atoms with Gasteiger partial charge in [-0.3, -0.25) is 9.13 Å². The van der Waals surface area contributed by atoms with E-state index in [0.29, 0.717) is 0 Å². The lowest BCUT2D eigenvalue weighted by atomic mass is 10.2. The van der Waals surface area contributed by atoms with E-state index >= 15 is 0 Å². The number of hydrogen-bond acceptors (Lipinski definition) is 4. The second-order valence-corrected chi connectivity index (χ2v) is 7.53. The minimum Gasteiger partial charge on any atom is -0.303 e. The molecule has 6 heteroatoms. The SMILES string of the molecule is O=PCP(=O)(OCc1ccccc1)OCc1ccccc1. The van der Waals surface area contributed by atoms with Crippen molar-refractivity contribution in [2.75, 3.05) is 5.90 Å². The fourth-order valence-electron chi connectivity index (χ4n) is 1.68. The van der Waals surface area contributed by atoms with Crippen LogP contribution in [0, 0.1) is 0 Å². The lowest BCUT2D eigenvalue weighted by molar-refractivity contribution is 0.194. The first-order valence-electron chi connectivity index (χ1n) is 6.47. The van der Waals surface area contributed by atoms with Gasteiger partial charge in [0.2, 0.25) is 0 Å². The van der Waals surface area contributed by atoms with E-state index in [9.17, 15) is 9.13 Å². The van der Waals surface area contributed by atoms with E-state index in [1.807, 2.05) is 60.7 Å². The van der Waals surface area contributed by atoms with E-state index in [1.165, 1.54) is 0 Å². The molecule has 0 unspecified atom stereocenters. The van der Waals surface area contributed by atoms with Crippen LogP contribution in [0.3, 0.4) is 0 Å². The first-order valence-corrected chi connectivity index (χ1v) is 9.19. The second kappa shape index (κ2) is 8.21. The average molecular weight is 322 g/mol. The molecule has 0 amide bonds. The molecule has 0 spiro atoms. The molecule has 0 N–H and O–H groups in total. The number of hydrogen-bond donors (Lipinski definition) is 0. The van der Waals surface area contributed by atoms with Crippen molar-refractivity contribution < 1.29 is 18.2 Å². The molecule has 0 saturated carbocycles. The van der Waals surface area contributed by atoms with Crippen LogP contribution in [0.1, 0.15) is 11.1 Å². The summed E-state index contributed by atoms with van der Waals surface area (Å²) in [7, 11) is -3.63. The largest absolute Gasteiger partial charge is 0.342 e. The molecular formula is C15H16O4P2. The fraction of sp³-hybridized carbons (Fsp3) is 0.200. The Balaban J connectivity index is 1.95. The zero-order chi connectivity index (χ0) is 15.0. The highest BCUT2D eigenvalue weighted by Crippen LogP contribution is 2.52. The van der Waals surface area contributed by atoms with Crippen LogP contribution in [0.4, 0.5) is 0 Å². The summed E-state index contributed by atoms with van der Waals surface area (Å²) in [6.45, 7) is 0.338. The summed E-state index contributed by atoms with van der Waals surface area (Å²) >= 11 is 0. The first-order chi connectivity index (χ1) is 10.2. The van der Waals surface area contributed by atoms with E-state index in [0.717, 1.165) is 11.1 Å². The predicted molar refractivity (Wildman–Crippen MR) is 82.5 cm³/mol. The summed E-state index contributed by atoms with van der Waals surface area (Å²) in [6.07, 6.45) is 0. The molecule has 0 atom stereocenters. The van der Waals surface area contributed by atoms with Crippen LogP contribution in [-0.4, -0.2) is 5.90 Å². The normalized spacial score (nSPS) is 11.6. The quantitative estimate of drug-likeness (QED) is 0.651. The van der Waals surface area contributed by atoms with Crippen molar-refractivity contribution in [1.82, 2.24) is 0 Å². The van der Waals surface area contributed by atoms with E-state index in [-0.39, 0.29) is 27.6 Å². The molecule has 0 radical (unpaired) electrons. The van der Waals surface area contributed by atoms with Crippen molar-refractivity contribution in [3.05, 3.63) is 71.8 Å². The van der Waals surface area contributed by atoms with Crippen LogP contribution < -0.4 is 0 Å².